The summed E-state index contributed by atoms with van der Waals surface area (Å²) in [4.78, 5) is 29.5. The lowest BCUT2D eigenvalue weighted by Gasteiger charge is -2.33. The maximum atomic E-state index is 13.0. The molecule has 2 aromatic carbocycles. The van der Waals surface area contributed by atoms with E-state index in [-0.39, 0.29) is 24.4 Å². The first kappa shape index (κ1) is 20.5. The van der Waals surface area contributed by atoms with Gasteiger partial charge in [-0.2, -0.15) is 4.31 Å². The highest BCUT2D eigenvalue weighted by Crippen LogP contribution is 2.27. The second-order valence-corrected chi connectivity index (χ2v) is 9.90. The summed E-state index contributed by atoms with van der Waals surface area (Å²) in [6.07, 6.45) is -0.299. The van der Waals surface area contributed by atoms with Crippen LogP contribution in [0.3, 0.4) is 0 Å². The van der Waals surface area contributed by atoms with Crippen LogP contribution in [0, 0.1) is 6.92 Å². The number of aryl methyl sites for hydroxylation is 1. The molecule has 0 bridgehead atoms. The Morgan fingerprint density at radius 3 is 2.80 bits per heavy atom. The van der Waals surface area contributed by atoms with Gasteiger partial charge in [-0.3, -0.25) is 9.59 Å². The zero-order valence-electron chi connectivity index (χ0n) is 16.2. The lowest BCUT2D eigenvalue weighted by molar-refractivity contribution is -0.130. The molecule has 2 heterocycles. The Morgan fingerprint density at radius 2 is 2.03 bits per heavy atom. The van der Waals surface area contributed by atoms with Crippen LogP contribution in [0.4, 0.5) is 5.13 Å². The number of piperazine rings is 1. The largest absolute Gasteiger partial charge is 0.353 e. The number of nitrogens with one attached hydrogen (secondary N) is 2. The fraction of sp³-hybridized carbons (Fsp3) is 0.250. The van der Waals surface area contributed by atoms with Crippen molar-refractivity contribution in [1.82, 2.24) is 14.6 Å². The Morgan fingerprint density at radius 1 is 1.27 bits per heavy atom. The summed E-state index contributed by atoms with van der Waals surface area (Å²) in [6.45, 7) is 2.27. The van der Waals surface area contributed by atoms with Gasteiger partial charge in [0.05, 0.1) is 21.5 Å². The quantitative estimate of drug-likeness (QED) is 0.627. The zero-order valence-corrected chi connectivity index (χ0v) is 17.8. The molecule has 1 aliphatic heterocycles. The van der Waals surface area contributed by atoms with Gasteiger partial charge in [-0.05, 0) is 36.8 Å². The molecule has 1 aliphatic rings. The van der Waals surface area contributed by atoms with Gasteiger partial charge in [0.15, 0.2) is 5.13 Å². The molecular formula is C20H20N4O4S2. The highest BCUT2D eigenvalue weighted by molar-refractivity contribution is 7.89. The summed E-state index contributed by atoms with van der Waals surface area (Å²) in [5.41, 5.74) is 1.86. The van der Waals surface area contributed by atoms with Crippen LogP contribution in [0.15, 0.2) is 53.4 Å². The number of fused-ring (bicyclic) bond motifs is 1. The van der Waals surface area contributed by atoms with Crippen LogP contribution >= 0.6 is 11.3 Å². The number of benzene rings is 2. The number of aromatic nitrogens is 1. The smallest absolute Gasteiger partial charge is 0.243 e. The molecule has 0 saturated carbocycles. The number of carbonyl (C=O) groups excluding carboxylic acids is 2. The normalized spacial score (nSPS) is 17.6. The first-order valence-corrected chi connectivity index (χ1v) is 11.6. The van der Waals surface area contributed by atoms with Gasteiger partial charge in [-0.25, -0.2) is 13.4 Å². The molecule has 0 unspecified atom stereocenters. The van der Waals surface area contributed by atoms with Crippen molar-refractivity contribution >= 4 is 48.5 Å². The van der Waals surface area contributed by atoms with Crippen LogP contribution in [0.25, 0.3) is 10.2 Å². The summed E-state index contributed by atoms with van der Waals surface area (Å²) in [5.74, 6) is -0.961. The van der Waals surface area contributed by atoms with Gasteiger partial charge >= 0.3 is 0 Å². The topological polar surface area (TPSA) is 108 Å². The van der Waals surface area contributed by atoms with Crippen molar-refractivity contribution in [2.45, 2.75) is 24.3 Å². The third-order valence-electron chi connectivity index (χ3n) is 4.80. The van der Waals surface area contributed by atoms with E-state index in [0.29, 0.717) is 5.13 Å². The Hall–Kier alpha value is -2.82. The Balaban J connectivity index is 1.54. The highest BCUT2D eigenvalue weighted by atomic mass is 32.2. The summed E-state index contributed by atoms with van der Waals surface area (Å²) in [5, 5.41) is 5.75. The first-order chi connectivity index (χ1) is 14.3. The van der Waals surface area contributed by atoms with E-state index >= 15 is 0 Å². The number of hydrogen-bond acceptors (Lipinski definition) is 6. The van der Waals surface area contributed by atoms with Gasteiger partial charge in [-0.15, -0.1) is 0 Å². The third-order valence-corrected chi connectivity index (χ3v) is 7.66. The van der Waals surface area contributed by atoms with E-state index < -0.39 is 27.9 Å². The predicted molar refractivity (Wildman–Crippen MR) is 115 cm³/mol. The summed E-state index contributed by atoms with van der Waals surface area (Å²) >= 11 is 1.33. The van der Waals surface area contributed by atoms with Crippen molar-refractivity contribution in [2.24, 2.45) is 0 Å². The van der Waals surface area contributed by atoms with E-state index in [1.807, 2.05) is 25.1 Å². The standard InChI is InChI=1S/C20H20N4O4S2/c1-13-7-8-15-17(11-13)29-20(22-15)23-18(25)12-16-19(26)21-9-10-24(16)30(27,28)14-5-3-2-4-6-14/h2-8,11,16H,9-10,12H2,1H3,(H,21,26)(H,22,23,25)/t16-/m1/s1. The minimum atomic E-state index is -3.91. The average Bonchev–Trinajstić information content (AvgIpc) is 3.11. The van der Waals surface area contributed by atoms with Crippen molar-refractivity contribution in [1.29, 1.82) is 0 Å². The third kappa shape index (κ3) is 4.07. The van der Waals surface area contributed by atoms with Crippen LogP contribution in [0.5, 0.6) is 0 Å². The molecule has 1 saturated heterocycles. The molecule has 0 radical (unpaired) electrons. The summed E-state index contributed by atoms with van der Waals surface area (Å²) in [6, 6.07) is 12.6. The van der Waals surface area contributed by atoms with Crippen molar-refractivity contribution in [3.8, 4) is 0 Å². The monoisotopic (exact) mass is 444 g/mol. The molecule has 1 fully saturated rings. The van der Waals surface area contributed by atoms with E-state index in [0.717, 1.165) is 20.1 Å². The lowest BCUT2D eigenvalue weighted by atomic mass is 10.1. The van der Waals surface area contributed by atoms with E-state index in [1.54, 1.807) is 18.2 Å². The fourth-order valence-corrected chi connectivity index (χ4v) is 5.92. The number of carbonyl (C=O) groups is 2. The van der Waals surface area contributed by atoms with Crippen molar-refractivity contribution < 1.29 is 18.0 Å². The fourth-order valence-electron chi connectivity index (χ4n) is 3.33. The Kier molecular flexibility index (Phi) is 5.54. The molecule has 0 spiro atoms. The molecule has 1 aromatic heterocycles. The molecule has 30 heavy (non-hydrogen) atoms. The van der Waals surface area contributed by atoms with Crippen molar-refractivity contribution in [3.63, 3.8) is 0 Å². The Bertz CT molecular complexity index is 1210. The van der Waals surface area contributed by atoms with Crippen LogP contribution in [-0.4, -0.2) is 48.7 Å². The predicted octanol–water partition coefficient (Wildman–Crippen LogP) is 2.12. The number of anilines is 1. The van der Waals surface area contributed by atoms with Gasteiger partial charge in [0.2, 0.25) is 21.8 Å². The van der Waals surface area contributed by atoms with E-state index in [9.17, 15) is 18.0 Å². The van der Waals surface area contributed by atoms with Crippen molar-refractivity contribution in [3.05, 3.63) is 54.1 Å². The molecule has 1 atom stereocenters. The zero-order chi connectivity index (χ0) is 21.3. The number of hydrogen-bond donors (Lipinski definition) is 2. The van der Waals surface area contributed by atoms with Gasteiger partial charge in [0.1, 0.15) is 6.04 Å². The van der Waals surface area contributed by atoms with Gasteiger partial charge in [-0.1, -0.05) is 35.6 Å². The minimum absolute atomic E-state index is 0.0895. The lowest BCUT2D eigenvalue weighted by Crippen LogP contribution is -2.57. The first-order valence-electron chi connectivity index (χ1n) is 9.36. The number of amides is 2. The SMILES string of the molecule is Cc1ccc2nc(NC(=O)C[C@@H]3C(=O)NCCN3S(=O)(=O)c3ccccc3)sc2c1. The molecule has 8 nitrogen and oxygen atoms in total. The molecule has 2 N–H and O–H groups in total. The van der Waals surface area contributed by atoms with Crippen LogP contribution in [0.1, 0.15) is 12.0 Å². The highest BCUT2D eigenvalue weighted by Gasteiger charge is 2.39. The Labute approximate surface area is 178 Å². The molecule has 2 amide bonds. The van der Waals surface area contributed by atoms with Crippen molar-refractivity contribution in [2.75, 3.05) is 18.4 Å². The molecule has 4 rings (SSSR count). The maximum absolute atomic E-state index is 13.0. The van der Waals surface area contributed by atoms with Crippen LogP contribution in [-0.2, 0) is 19.6 Å². The van der Waals surface area contributed by atoms with E-state index in [2.05, 4.69) is 15.6 Å². The molecule has 10 heteroatoms. The number of nitrogens with zero attached hydrogens (tertiary/aromatic N) is 2. The van der Waals surface area contributed by atoms with Crippen LogP contribution < -0.4 is 10.6 Å². The van der Waals surface area contributed by atoms with E-state index in [4.69, 9.17) is 0 Å². The van der Waals surface area contributed by atoms with Gasteiger partial charge < -0.3 is 10.6 Å². The second kappa shape index (κ2) is 8.13. The number of sulfonamides is 1. The van der Waals surface area contributed by atoms with E-state index in [1.165, 1.54) is 23.5 Å². The second-order valence-electron chi connectivity index (χ2n) is 6.98. The maximum Gasteiger partial charge on any atom is 0.243 e. The molecule has 0 aliphatic carbocycles. The van der Waals surface area contributed by atoms with Gasteiger partial charge in [0.25, 0.3) is 0 Å². The summed E-state index contributed by atoms with van der Waals surface area (Å²) < 4.78 is 28.1. The summed E-state index contributed by atoms with van der Waals surface area (Å²) in [7, 11) is -3.91. The average molecular weight is 445 g/mol. The number of rotatable bonds is 5. The number of thiazole rings is 1. The minimum Gasteiger partial charge on any atom is -0.353 e. The van der Waals surface area contributed by atoms with Gasteiger partial charge in [0, 0.05) is 13.1 Å². The molecule has 3 aromatic rings. The molecular weight excluding hydrogens is 424 g/mol. The van der Waals surface area contributed by atoms with Crippen LogP contribution in [0.2, 0.25) is 0 Å². The molecule has 156 valence electrons.